The third kappa shape index (κ3) is 2.53. The lowest BCUT2D eigenvalue weighted by Crippen LogP contribution is -2.64. The molecule has 2 atom stereocenters. The van der Waals surface area contributed by atoms with E-state index in [9.17, 15) is 0 Å². The molecule has 1 aromatic heterocycles. The number of nitrogens with one attached hydrogen (secondary N) is 1. The van der Waals surface area contributed by atoms with Crippen LogP contribution >= 0.6 is 11.3 Å². The van der Waals surface area contributed by atoms with E-state index in [0.717, 1.165) is 24.4 Å². The van der Waals surface area contributed by atoms with E-state index in [2.05, 4.69) is 34.4 Å². The molecule has 3 fully saturated rings. The molecule has 0 spiro atoms. The molecule has 110 valence electrons. The highest BCUT2D eigenvalue weighted by atomic mass is 32.1. The van der Waals surface area contributed by atoms with Gasteiger partial charge in [0.05, 0.1) is 10.7 Å². The third-order valence-electron chi connectivity index (χ3n) is 5.39. The third-order valence-corrected chi connectivity index (χ3v) is 6.21. The molecule has 1 saturated heterocycles. The molecule has 20 heavy (non-hydrogen) atoms. The van der Waals surface area contributed by atoms with Crippen molar-refractivity contribution in [3.63, 3.8) is 0 Å². The number of rotatable bonds is 4. The Morgan fingerprint density at radius 2 is 2.20 bits per heavy atom. The molecule has 3 nitrogen and oxygen atoms in total. The minimum atomic E-state index is 0.344. The molecule has 1 aromatic rings. The maximum Gasteiger partial charge on any atom is 0.0897 e. The summed E-state index contributed by atoms with van der Waals surface area (Å²) in [7, 11) is 0. The zero-order chi connectivity index (χ0) is 13.7. The summed E-state index contributed by atoms with van der Waals surface area (Å²) in [6.45, 7) is 7.98. The maximum atomic E-state index is 4.68. The van der Waals surface area contributed by atoms with Crippen LogP contribution in [0.1, 0.15) is 43.3 Å². The van der Waals surface area contributed by atoms with Crippen LogP contribution in [-0.2, 0) is 6.54 Å². The summed E-state index contributed by atoms with van der Waals surface area (Å²) in [5.41, 5.74) is 1.62. The number of nitrogens with zero attached hydrogens (tertiary/aromatic N) is 2. The molecule has 0 radical (unpaired) electrons. The highest BCUT2D eigenvalue weighted by Crippen LogP contribution is 2.44. The first-order valence-electron chi connectivity index (χ1n) is 8.04. The van der Waals surface area contributed by atoms with Crippen molar-refractivity contribution in [2.24, 2.45) is 11.8 Å². The molecule has 3 aliphatic rings. The van der Waals surface area contributed by atoms with Gasteiger partial charge in [0.25, 0.3) is 0 Å². The molecular weight excluding hydrogens is 266 g/mol. The summed E-state index contributed by atoms with van der Waals surface area (Å²) in [6.07, 6.45) is 5.70. The van der Waals surface area contributed by atoms with Crippen LogP contribution in [-0.4, -0.2) is 34.6 Å². The fourth-order valence-electron chi connectivity index (χ4n) is 3.86. The SMILES string of the molecule is Cc1nc(CN2CC(C)(C3CC3)NCC2C2CC2)cs1. The van der Waals surface area contributed by atoms with E-state index in [1.165, 1.54) is 49.5 Å². The first-order chi connectivity index (χ1) is 9.64. The van der Waals surface area contributed by atoms with Gasteiger partial charge in [0, 0.05) is 36.6 Å². The fourth-order valence-corrected chi connectivity index (χ4v) is 4.47. The number of piperazine rings is 1. The van der Waals surface area contributed by atoms with Gasteiger partial charge in [0.1, 0.15) is 0 Å². The first-order valence-corrected chi connectivity index (χ1v) is 8.92. The van der Waals surface area contributed by atoms with Crippen LogP contribution in [0.3, 0.4) is 0 Å². The van der Waals surface area contributed by atoms with Crippen LogP contribution in [0.2, 0.25) is 0 Å². The number of aryl methyl sites for hydroxylation is 1. The Labute approximate surface area is 125 Å². The van der Waals surface area contributed by atoms with Gasteiger partial charge in [-0.25, -0.2) is 4.98 Å². The van der Waals surface area contributed by atoms with E-state index in [4.69, 9.17) is 0 Å². The number of hydrogen-bond acceptors (Lipinski definition) is 4. The molecule has 0 bridgehead atoms. The van der Waals surface area contributed by atoms with Crippen LogP contribution in [0.25, 0.3) is 0 Å². The number of hydrogen-bond donors (Lipinski definition) is 1. The van der Waals surface area contributed by atoms with Crippen molar-refractivity contribution in [1.82, 2.24) is 15.2 Å². The summed E-state index contributed by atoms with van der Waals surface area (Å²) >= 11 is 1.78. The Hall–Kier alpha value is -0.450. The van der Waals surface area contributed by atoms with Crippen LogP contribution in [0.5, 0.6) is 0 Å². The van der Waals surface area contributed by atoms with Crippen LogP contribution < -0.4 is 5.32 Å². The molecule has 2 aliphatic carbocycles. The Morgan fingerprint density at radius 3 is 2.80 bits per heavy atom. The summed E-state index contributed by atoms with van der Waals surface area (Å²) < 4.78 is 0. The molecule has 0 aromatic carbocycles. The van der Waals surface area contributed by atoms with Gasteiger partial charge in [0.2, 0.25) is 0 Å². The van der Waals surface area contributed by atoms with Crippen LogP contribution in [0, 0.1) is 18.8 Å². The van der Waals surface area contributed by atoms with E-state index in [0.29, 0.717) is 5.54 Å². The van der Waals surface area contributed by atoms with Gasteiger partial charge in [-0.05, 0) is 51.4 Å². The van der Waals surface area contributed by atoms with Crippen LogP contribution in [0.15, 0.2) is 5.38 Å². The summed E-state index contributed by atoms with van der Waals surface area (Å²) in [4.78, 5) is 7.42. The van der Waals surface area contributed by atoms with Gasteiger partial charge < -0.3 is 5.32 Å². The standard InChI is InChI=1S/C16H25N3S/c1-11-18-14(9-20-11)8-19-10-16(2,13-5-6-13)17-7-15(19)12-3-4-12/h9,12-13,15,17H,3-8,10H2,1-2H3. The average Bonchev–Trinajstić information content (AvgIpc) is 3.29. The van der Waals surface area contributed by atoms with Gasteiger partial charge in [-0.3, -0.25) is 4.90 Å². The van der Waals surface area contributed by atoms with Gasteiger partial charge >= 0.3 is 0 Å². The molecule has 2 heterocycles. The van der Waals surface area contributed by atoms with Gasteiger partial charge in [-0.15, -0.1) is 11.3 Å². The highest BCUT2D eigenvalue weighted by Gasteiger charge is 2.48. The minimum absolute atomic E-state index is 0.344. The van der Waals surface area contributed by atoms with Crippen molar-refractivity contribution < 1.29 is 0 Å². The molecule has 2 unspecified atom stereocenters. The van der Waals surface area contributed by atoms with Crippen molar-refractivity contribution >= 4 is 11.3 Å². The lowest BCUT2D eigenvalue weighted by Gasteiger charge is -2.47. The minimum Gasteiger partial charge on any atom is -0.308 e. The Morgan fingerprint density at radius 1 is 1.40 bits per heavy atom. The smallest absolute Gasteiger partial charge is 0.0897 e. The second-order valence-corrected chi connectivity index (χ2v) is 8.30. The number of aromatic nitrogens is 1. The molecule has 1 aliphatic heterocycles. The monoisotopic (exact) mass is 291 g/mol. The van der Waals surface area contributed by atoms with Crippen molar-refractivity contribution in [3.05, 3.63) is 16.1 Å². The van der Waals surface area contributed by atoms with Gasteiger partial charge in [-0.2, -0.15) is 0 Å². The predicted octanol–water partition coefficient (Wildman–Crippen LogP) is 2.80. The normalized spacial score (nSPS) is 35.4. The topological polar surface area (TPSA) is 28.2 Å². The fraction of sp³-hybridized carbons (Fsp3) is 0.812. The van der Waals surface area contributed by atoms with Crippen molar-refractivity contribution in [2.45, 2.75) is 57.7 Å². The second kappa shape index (κ2) is 4.79. The highest BCUT2D eigenvalue weighted by molar-refractivity contribution is 7.09. The zero-order valence-corrected chi connectivity index (χ0v) is 13.4. The lowest BCUT2D eigenvalue weighted by molar-refractivity contribution is 0.0570. The molecule has 1 N–H and O–H groups in total. The largest absolute Gasteiger partial charge is 0.308 e. The van der Waals surface area contributed by atoms with E-state index >= 15 is 0 Å². The second-order valence-electron chi connectivity index (χ2n) is 7.24. The van der Waals surface area contributed by atoms with Crippen molar-refractivity contribution in [1.29, 1.82) is 0 Å². The van der Waals surface area contributed by atoms with Gasteiger partial charge in [0.15, 0.2) is 0 Å². The van der Waals surface area contributed by atoms with Gasteiger partial charge in [-0.1, -0.05) is 0 Å². The molecule has 0 amide bonds. The van der Waals surface area contributed by atoms with E-state index in [1.807, 2.05) is 0 Å². The first kappa shape index (κ1) is 13.2. The molecule has 4 heteroatoms. The zero-order valence-electron chi connectivity index (χ0n) is 12.6. The molecule has 2 saturated carbocycles. The summed E-state index contributed by atoms with van der Waals surface area (Å²) in [6, 6.07) is 0.740. The van der Waals surface area contributed by atoms with Crippen molar-refractivity contribution in [3.8, 4) is 0 Å². The number of thiazole rings is 1. The summed E-state index contributed by atoms with van der Waals surface area (Å²) in [5, 5.41) is 7.33. The Balaban J connectivity index is 1.51. The maximum absolute atomic E-state index is 4.68. The van der Waals surface area contributed by atoms with E-state index in [-0.39, 0.29) is 0 Å². The quantitative estimate of drug-likeness (QED) is 0.924. The molecular formula is C16H25N3S. The van der Waals surface area contributed by atoms with E-state index in [1.54, 1.807) is 11.3 Å². The Kier molecular flexibility index (Phi) is 3.17. The molecule has 4 rings (SSSR count). The average molecular weight is 291 g/mol. The Bertz CT molecular complexity index is 492. The summed E-state index contributed by atoms with van der Waals surface area (Å²) in [5.74, 6) is 1.84. The lowest BCUT2D eigenvalue weighted by atomic mass is 9.89. The van der Waals surface area contributed by atoms with Crippen molar-refractivity contribution in [2.75, 3.05) is 13.1 Å². The van der Waals surface area contributed by atoms with Crippen LogP contribution in [0.4, 0.5) is 0 Å². The predicted molar refractivity (Wildman–Crippen MR) is 82.9 cm³/mol. The van der Waals surface area contributed by atoms with E-state index < -0.39 is 0 Å².